The number of benzene rings is 2. The molecule has 6 nitrogen and oxygen atoms in total. The number of nitrogens with zero attached hydrogens (tertiary/aromatic N) is 3. The van der Waals surface area contributed by atoms with Gasteiger partial charge in [0.2, 0.25) is 11.7 Å². The Morgan fingerprint density at radius 1 is 1.16 bits per heavy atom. The quantitative estimate of drug-likeness (QED) is 0.734. The second kappa shape index (κ2) is 6.05. The molecule has 1 aliphatic rings. The highest BCUT2D eigenvalue weighted by Gasteiger charge is 2.32. The zero-order valence-electron chi connectivity index (χ0n) is 14.0. The summed E-state index contributed by atoms with van der Waals surface area (Å²) in [6.07, 6.45) is -0.547. The molecule has 25 heavy (non-hydrogen) atoms. The van der Waals surface area contributed by atoms with E-state index < -0.39 is 6.10 Å². The van der Waals surface area contributed by atoms with E-state index in [9.17, 15) is 4.79 Å². The van der Waals surface area contributed by atoms with Gasteiger partial charge >= 0.3 is 0 Å². The van der Waals surface area contributed by atoms with Gasteiger partial charge in [-0.15, -0.1) is 0 Å². The largest absolute Gasteiger partial charge is 0.479 e. The molecule has 0 fully saturated rings. The van der Waals surface area contributed by atoms with Gasteiger partial charge < -0.3 is 9.26 Å². The molecule has 2 aromatic carbocycles. The second-order valence-electron chi connectivity index (χ2n) is 6.03. The van der Waals surface area contributed by atoms with Crippen LogP contribution in [0.3, 0.4) is 0 Å². The lowest BCUT2D eigenvalue weighted by molar-refractivity contribution is -0.125. The zero-order chi connectivity index (χ0) is 17.4. The number of amides is 1. The number of aryl methyl sites for hydroxylation is 1. The van der Waals surface area contributed by atoms with Gasteiger partial charge in [-0.2, -0.15) is 4.98 Å². The summed E-state index contributed by atoms with van der Waals surface area (Å²) in [6, 6.07) is 15.3. The summed E-state index contributed by atoms with van der Waals surface area (Å²) in [5.74, 6) is 1.44. The third kappa shape index (κ3) is 2.87. The monoisotopic (exact) mass is 335 g/mol. The molecule has 0 saturated carbocycles. The van der Waals surface area contributed by atoms with Crippen LogP contribution in [0.25, 0.3) is 11.4 Å². The third-order valence-corrected chi connectivity index (χ3v) is 4.11. The molecular weight excluding hydrogens is 318 g/mol. The molecule has 0 saturated heterocycles. The Hall–Kier alpha value is -3.15. The van der Waals surface area contributed by atoms with Crippen molar-refractivity contribution >= 4 is 11.6 Å². The first-order chi connectivity index (χ1) is 12.1. The minimum atomic E-state index is -0.547. The van der Waals surface area contributed by atoms with Crippen molar-refractivity contribution in [3.05, 3.63) is 60.0 Å². The minimum absolute atomic E-state index is 0.131. The molecule has 3 aromatic rings. The third-order valence-electron chi connectivity index (χ3n) is 4.11. The molecule has 0 spiro atoms. The molecule has 4 rings (SSSR count). The summed E-state index contributed by atoms with van der Waals surface area (Å²) in [4.78, 5) is 18.6. The maximum Gasteiger partial charge on any atom is 0.268 e. The molecule has 0 N–H and O–H groups in total. The predicted molar refractivity (Wildman–Crippen MR) is 92.2 cm³/mol. The summed E-state index contributed by atoms with van der Waals surface area (Å²) in [6.45, 7) is 3.95. The van der Waals surface area contributed by atoms with E-state index >= 15 is 0 Å². The van der Waals surface area contributed by atoms with Gasteiger partial charge in [-0.05, 0) is 32.0 Å². The minimum Gasteiger partial charge on any atom is -0.479 e. The van der Waals surface area contributed by atoms with Crippen LogP contribution in [-0.2, 0) is 11.3 Å². The molecule has 1 aromatic heterocycles. The van der Waals surface area contributed by atoms with Gasteiger partial charge in [0.25, 0.3) is 5.91 Å². The fourth-order valence-corrected chi connectivity index (χ4v) is 2.88. The average molecular weight is 335 g/mol. The van der Waals surface area contributed by atoms with Crippen LogP contribution in [0.1, 0.15) is 18.4 Å². The van der Waals surface area contributed by atoms with Crippen LogP contribution in [0.2, 0.25) is 0 Å². The summed E-state index contributed by atoms with van der Waals surface area (Å²) < 4.78 is 11.0. The van der Waals surface area contributed by atoms with Crippen LogP contribution in [0.5, 0.6) is 5.75 Å². The maximum absolute atomic E-state index is 12.5. The standard InChI is InChI=1S/C19H17N3O3/c1-12-6-5-7-14(10-12)18-20-17(25-21-18)11-22-15-8-3-4-9-16(15)24-13(2)19(22)23/h3-10,13H,11H2,1-2H3. The van der Waals surface area contributed by atoms with Crippen molar-refractivity contribution in [2.75, 3.05) is 4.90 Å². The molecule has 0 bridgehead atoms. The summed E-state index contributed by atoms with van der Waals surface area (Å²) in [5.41, 5.74) is 2.72. The summed E-state index contributed by atoms with van der Waals surface area (Å²) in [5, 5.41) is 4.04. The van der Waals surface area contributed by atoms with Crippen molar-refractivity contribution in [1.82, 2.24) is 10.1 Å². The van der Waals surface area contributed by atoms with Crippen molar-refractivity contribution in [2.24, 2.45) is 0 Å². The number of hydrogen-bond donors (Lipinski definition) is 0. The van der Waals surface area contributed by atoms with E-state index in [1.807, 2.05) is 55.5 Å². The number of carbonyl (C=O) groups excluding carboxylic acids is 1. The lowest BCUT2D eigenvalue weighted by atomic mass is 10.1. The van der Waals surface area contributed by atoms with E-state index in [4.69, 9.17) is 9.26 Å². The van der Waals surface area contributed by atoms with Gasteiger partial charge in [0.1, 0.15) is 12.3 Å². The Bertz CT molecular complexity index is 935. The number of fused-ring (bicyclic) bond motifs is 1. The van der Waals surface area contributed by atoms with E-state index in [0.717, 1.165) is 11.1 Å². The zero-order valence-corrected chi connectivity index (χ0v) is 14.0. The second-order valence-corrected chi connectivity index (χ2v) is 6.03. The van der Waals surface area contributed by atoms with Gasteiger partial charge in [0.15, 0.2) is 6.10 Å². The van der Waals surface area contributed by atoms with Crippen molar-refractivity contribution in [1.29, 1.82) is 0 Å². The number of anilines is 1. The first-order valence-electron chi connectivity index (χ1n) is 8.08. The molecule has 2 heterocycles. The first kappa shape index (κ1) is 15.4. The fourth-order valence-electron chi connectivity index (χ4n) is 2.88. The lowest BCUT2D eigenvalue weighted by Gasteiger charge is -2.31. The van der Waals surface area contributed by atoms with Crippen LogP contribution in [0.4, 0.5) is 5.69 Å². The van der Waals surface area contributed by atoms with Crippen LogP contribution < -0.4 is 9.64 Å². The number of ether oxygens (including phenoxy) is 1. The van der Waals surface area contributed by atoms with Crippen LogP contribution >= 0.6 is 0 Å². The highest BCUT2D eigenvalue weighted by molar-refractivity contribution is 5.99. The Balaban J connectivity index is 1.63. The number of rotatable bonds is 3. The van der Waals surface area contributed by atoms with Crippen molar-refractivity contribution in [2.45, 2.75) is 26.5 Å². The van der Waals surface area contributed by atoms with E-state index in [1.54, 1.807) is 11.8 Å². The van der Waals surface area contributed by atoms with Crippen molar-refractivity contribution < 1.29 is 14.1 Å². The number of para-hydroxylation sites is 2. The molecular formula is C19H17N3O3. The van der Waals surface area contributed by atoms with Crippen LogP contribution in [-0.4, -0.2) is 22.2 Å². The molecule has 1 amide bonds. The summed E-state index contributed by atoms with van der Waals surface area (Å²) in [7, 11) is 0. The SMILES string of the molecule is Cc1cccc(-c2noc(CN3C(=O)C(C)Oc4ccccc43)n2)c1. The Labute approximate surface area is 145 Å². The Morgan fingerprint density at radius 2 is 2.00 bits per heavy atom. The van der Waals surface area contributed by atoms with Gasteiger partial charge in [0, 0.05) is 5.56 Å². The molecule has 1 aliphatic heterocycles. The van der Waals surface area contributed by atoms with Gasteiger partial charge in [-0.25, -0.2) is 0 Å². The first-order valence-corrected chi connectivity index (χ1v) is 8.08. The fraction of sp³-hybridized carbons (Fsp3) is 0.211. The summed E-state index contributed by atoms with van der Waals surface area (Å²) >= 11 is 0. The average Bonchev–Trinajstić information content (AvgIpc) is 3.08. The number of carbonyl (C=O) groups is 1. The molecule has 0 radical (unpaired) electrons. The molecule has 6 heteroatoms. The van der Waals surface area contributed by atoms with Crippen molar-refractivity contribution in [3.63, 3.8) is 0 Å². The number of hydrogen-bond acceptors (Lipinski definition) is 5. The smallest absolute Gasteiger partial charge is 0.268 e. The number of aromatic nitrogens is 2. The molecule has 126 valence electrons. The predicted octanol–water partition coefficient (Wildman–Crippen LogP) is 3.36. The van der Waals surface area contributed by atoms with Crippen molar-refractivity contribution in [3.8, 4) is 17.1 Å². The van der Waals surface area contributed by atoms with E-state index in [1.165, 1.54) is 0 Å². The lowest BCUT2D eigenvalue weighted by Crippen LogP contribution is -2.44. The van der Waals surface area contributed by atoms with Crippen LogP contribution in [0.15, 0.2) is 53.1 Å². The normalized spacial score (nSPS) is 16.5. The van der Waals surface area contributed by atoms with E-state index in [0.29, 0.717) is 23.2 Å². The maximum atomic E-state index is 12.5. The topological polar surface area (TPSA) is 68.5 Å². The van der Waals surface area contributed by atoms with Gasteiger partial charge in [-0.1, -0.05) is 41.1 Å². The van der Waals surface area contributed by atoms with Gasteiger partial charge in [0.05, 0.1) is 5.69 Å². The Kier molecular flexibility index (Phi) is 3.72. The van der Waals surface area contributed by atoms with Gasteiger partial charge in [-0.3, -0.25) is 9.69 Å². The highest BCUT2D eigenvalue weighted by atomic mass is 16.5. The van der Waals surface area contributed by atoms with Crippen LogP contribution in [0, 0.1) is 6.92 Å². The molecule has 1 unspecified atom stereocenters. The highest BCUT2D eigenvalue weighted by Crippen LogP contribution is 2.34. The molecule has 1 atom stereocenters. The molecule has 0 aliphatic carbocycles. The van der Waals surface area contributed by atoms with E-state index in [-0.39, 0.29) is 12.5 Å². The Morgan fingerprint density at radius 3 is 2.84 bits per heavy atom. The van der Waals surface area contributed by atoms with E-state index in [2.05, 4.69) is 10.1 Å².